The Bertz CT molecular complexity index is 898. The molecule has 16 nitrogen and oxygen atoms in total. The van der Waals surface area contributed by atoms with Gasteiger partial charge in [-0.1, -0.05) is 0 Å². The van der Waals surface area contributed by atoms with Gasteiger partial charge in [0.05, 0.1) is 19.0 Å². The predicted molar refractivity (Wildman–Crippen MR) is 133 cm³/mol. The fourth-order valence-electron chi connectivity index (χ4n) is 3.53. The lowest BCUT2D eigenvalue weighted by Crippen LogP contribution is -2.56. The molecule has 1 fully saturated rings. The maximum atomic E-state index is 13.1. The number of amides is 4. The third-order valence-corrected chi connectivity index (χ3v) is 5.74. The van der Waals surface area contributed by atoms with Crippen LogP contribution in [0.3, 0.4) is 0 Å². The molecule has 208 valence electrons. The van der Waals surface area contributed by atoms with Crippen molar-refractivity contribution in [3.8, 4) is 0 Å². The lowest BCUT2D eigenvalue weighted by atomic mass is 10.1. The molecule has 0 spiro atoms. The highest BCUT2D eigenvalue weighted by Crippen LogP contribution is 2.19. The summed E-state index contributed by atoms with van der Waals surface area (Å²) in [5.74, 6) is -6.00. The number of nitrogens with zero attached hydrogens (tertiary/aromatic N) is 2. The Balaban J connectivity index is 2.74. The van der Waals surface area contributed by atoms with Crippen molar-refractivity contribution in [1.29, 1.82) is 0 Å². The van der Waals surface area contributed by atoms with Gasteiger partial charge in [0.15, 0.2) is 5.96 Å². The summed E-state index contributed by atoms with van der Waals surface area (Å²) in [5.41, 5.74) is 16.2. The molecule has 1 aliphatic heterocycles. The number of nitrogens with one attached hydrogen (secondary N) is 3. The minimum absolute atomic E-state index is 0.0943. The number of guanidine groups is 1. The molecule has 0 unspecified atom stereocenters. The maximum absolute atomic E-state index is 13.1. The van der Waals surface area contributed by atoms with Crippen LogP contribution in [0, 0.1) is 0 Å². The summed E-state index contributed by atoms with van der Waals surface area (Å²) in [6.07, 6.45) is 0.509. The van der Waals surface area contributed by atoms with E-state index in [2.05, 4.69) is 33.6 Å². The third-order valence-electron chi connectivity index (χ3n) is 5.38. The smallest absolute Gasteiger partial charge is 0.327 e. The van der Waals surface area contributed by atoms with Crippen molar-refractivity contribution in [2.24, 2.45) is 22.2 Å². The molecule has 4 atom stereocenters. The van der Waals surface area contributed by atoms with Crippen molar-refractivity contribution in [2.75, 3.05) is 25.4 Å². The van der Waals surface area contributed by atoms with Crippen LogP contribution in [-0.2, 0) is 28.8 Å². The monoisotopic (exact) mass is 546 g/mol. The molecule has 37 heavy (non-hydrogen) atoms. The summed E-state index contributed by atoms with van der Waals surface area (Å²) in [5, 5.41) is 25.2. The van der Waals surface area contributed by atoms with Crippen LogP contribution in [0.25, 0.3) is 0 Å². The van der Waals surface area contributed by atoms with Gasteiger partial charge in [0.25, 0.3) is 0 Å². The van der Waals surface area contributed by atoms with Gasteiger partial charge in [-0.3, -0.25) is 29.0 Å². The van der Waals surface area contributed by atoms with Gasteiger partial charge in [-0.05, 0) is 25.7 Å². The molecular formula is C20H34N8O8S. The van der Waals surface area contributed by atoms with E-state index in [0.29, 0.717) is 12.8 Å². The van der Waals surface area contributed by atoms with Crippen LogP contribution in [0.5, 0.6) is 0 Å². The second-order valence-electron chi connectivity index (χ2n) is 8.26. The average molecular weight is 547 g/mol. The number of likely N-dealkylation sites (tertiary alicyclic amines) is 1. The standard InChI is InChI=1S/C20H34N8O8S/c21-10(3-1-5-24-20(22)23)16(32)25-8-14(29)26-11(7-15(30)31)18(34)28-6-2-4-13(28)17(33)27-12(9-37)19(35)36/h10-13,37H,1-9,21H2,(H,25,32)(H,26,29)(H,27,33)(H,30,31)(H,35,36)(H4,22,23,24)/t10-,11-,12-,13-/m0/s1. The highest BCUT2D eigenvalue weighted by atomic mass is 32.1. The number of aliphatic carboxylic acids is 2. The van der Waals surface area contributed by atoms with E-state index in [-0.39, 0.29) is 37.6 Å². The number of nitrogens with two attached hydrogens (primary N) is 3. The quantitative estimate of drug-likeness (QED) is 0.0412. The minimum atomic E-state index is -1.52. The molecular weight excluding hydrogens is 512 g/mol. The molecule has 0 aliphatic carbocycles. The van der Waals surface area contributed by atoms with Gasteiger partial charge in [-0.15, -0.1) is 0 Å². The highest BCUT2D eigenvalue weighted by molar-refractivity contribution is 7.80. The normalized spacial score (nSPS) is 17.1. The Hall–Kier alpha value is -3.60. The highest BCUT2D eigenvalue weighted by Gasteiger charge is 2.39. The fourth-order valence-corrected chi connectivity index (χ4v) is 3.77. The van der Waals surface area contributed by atoms with Crippen molar-refractivity contribution in [3.63, 3.8) is 0 Å². The summed E-state index contributed by atoms with van der Waals surface area (Å²) >= 11 is 3.88. The molecule has 4 amide bonds. The number of aliphatic imine (C=N–C) groups is 1. The second kappa shape index (κ2) is 15.5. The zero-order valence-electron chi connectivity index (χ0n) is 20.1. The van der Waals surface area contributed by atoms with Crippen LogP contribution in [0.4, 0.5) is 0 Å². The van der Waals surface area contributed by atoms with Gasteiger partial charge in [0.1, 0.15) is 18.1 Å². The zero-order valence-corrected chi connectivity index (χ0v) is 21.0. The van der Waals surface area contributed by atoms with Gasteiger partial charge in [0, 0.05) is 18.8 Å². The van der Waals surface area contributed by atoms with Crippen molar-refractivity contribution in [3.05, 3.63) is 0 Å². The Morgan fingerprint density at radius 3 is 2.32 bits per heavy atom. The van der Waals surface area contributed by atoms with Gasteiger partial charge in [-0.25, -0.2) is 4.79 Å². The first-order valence-corrected chi connectivity index (χ1v) is 12.0. The number of carbonyl (C=O) groups excluding carboxylic acids is 4. The summed E-state index contributed by atoms with van der Waals surface area (Å²) in [4.78, 5) is 77.5. The van der Waals surface area contributed by atoms with Crippen LogP contribution in [0.15, 0.2) is 4.99 Å². The molecule has 0 aromatic rings. The molecule has 11 N–H and O–H groups in total. The molecule has 17 heteroatoms. The van der Waals surface area contributed by atoms with Gasteiger partial charge in [-0.2, -0.15) is 12.6 Å². The topological polar surface area (TPSA) is 273 Å². The number of carboxylic acids is 2. The second-order valence-corrected chi connectivity index (χ2v) is 8.63. The maximum Gasteiger partial charge on any atom is 0.327 e. The van der Waals surface area contributed by atoms with E-state index in [1.807, 2.05) is 0 Å². The van der Waals surface area contributed by atoms with Crippen molar-refractivity contribution in [1.82, 2.24) is 20.9 Å². The molecule has 0 radical (unpaired) electrons. The molecule has 0 aromatic carbocycles. The number of rotatable bonds is 15. The average Bonchev–Trinajstić information content (AvgIpc) is 3.32. The van der Waals surface area contributed by atoms with E-state index >= 15 is 0 Å². The molecule has 1 saturated heterocycles. The number of hydrogen-bond donors (Lipinski definition) is 9. The molecule has 0 aromatic heterocycles. The van der Waals surface area contributed by atoms with Crippen molar-refractivity contribution < 1.29 is 39.0 Å². The SMILES string of the molecule is NC(N)=NCCC[C@H](N)C(=O)NCC(=O)N[C@@H](CC(=O)O)C(=O)N1CCC[C@H]1C(=O)N[C@@H](CS)C(=O)O. The first kappa shape index (κ1) is 31.4. The van der Waals surface area contributed by atoms with E-state index < -0.39 is 72.7 Å². The number of thiol groups is 1. The summed E-state index contributed by atoms with van der Waals surface area (Å²) in [6, 6.07) is -4.79. The van der Waals surface area contributed by atoms with E-state index in [1.54, 1.807) is 0 Å². The van der Waals surface area contributed by atoms with Crippen LogP contribution in [0.1, 0.15) is 32.1 Å². The molecule has 0 bridgehead atoms. The molecule has 0 saturated carbocycles. The van der Waals surface area contributed by atoms with E-state index in [0.717, 1.165) is 4.90 Å². The number of carboxylic acid groups (broad SMARTS) is 2. The number of carbonyl (C=O) groups is 6. The summed E-state index contributed by atoms with van der Waals surface area (Å²) in [7, 11) is 0. The molecule has 1 rings (SSSR count). The van der Waals surface area contributed by atoms with E-state index in [9.17, 15) is 33.9 Å². The Morgan fingerprint density at radius 2 is 1.76 bits per heavy atom. The first-order chi connectivity index (χ1) is 17.4. The van der Waals surface area contributed by atoms with Crippen LogP contribution < -0.4 is 33.2 Å². The third kappa shape index (κ3) is 10.9. The Labute approximate surface area is 218 Å². The van der Waals surface area contributed by atoms with Crippen LogP contribution in [0.2, 0.25) is 0 Å². The summed E-state index contributed by atoms with van der Waals surface area (Å²) < 4.78 is 0. The van der Waals surface area contributed by atoms with E-state index in [4.69, 9.17) is 22.3 Å². The van der Waals surface area contributed by atoms with E-state index in [1.165, 1.54) is 0 Å². The predicted octanol–water partition coefficient (Wildman–Crippen LogP) is -4.07. The van der Waals surface area contributed by atoms with Crippen molar-refractivity contribution in [2.45, 2.75) is 56.3 Å². The molecule has 1 heterocycles. The first-order valence-electron chi connectivity index (χ1n) is 11.4. The van der Waals surface area contributed by atoms with Gasteiger partial charge >= 0.3 is 11.9 Å². The van der Waals surface area contributed by atoms with Crippen LogP contribution in [-0.4, -0.2) is 106 Å². The lowest BCUT2D eigenvalue weighted by Gasteiger charge is -2.29. The fraction of sp³-hybridized carbons (Fsp3) is 0.650. The van der Waals surface area contributed by atoms with Gasteiger partial charge in [0.2, 0.25) is 23.6 Å². The number of hydrogen-bond acceptors (Lipinski definition) is 9. The van der Waals surface area contributed by atoms with Crippen molar-refractivity contribution >= 4 is 54.2 Å². The van der Waals surface area contributed by atoms with Crippen LogP contribution >= 0.6 is 12.6 Å². The largest absolute Gasteiger partial charge is 0.481 e. The lowest BCUT2D eigenvalue weighted by molar-refractivity contribution is -0.147. The summed E-state index contributed by atoms with van der Waals surface area (Å²) in [6.45, 7) is -0.202. The molecule has 1 aliphatic rings. The Morgan fingerprint density at radius 1 is 1.08 bits per heavy atom. The Kier molecular flexibility index (Phi) is 13.2. The zero-order chi connectivity index (χ0) is 28.1. The minimum Gasteiger partial charge on any atom is -0.481 e. The van der Waals surface area contributed by atoms with Gasteiger partial charge < -0.3 is 48.3 Å².